The molecular formula is C25H32ClFO. The SMILES string of the molecule is CC(C)(C)COCc1cc(-c2cc(F)ccc2C2CC2C(C)(C)C)ccc1Cl. The molecule has 2 atom stereocenters. The third-order valence-corrected chi connectivity index (χ3v) is 5.84. The van der Waals surface area contributed by atoms with Crippen LogP contribution in [0.4, 0.5) is 4.39 Å². The Balaban J connectivity index is 1.89. The van der Waals surface area contributed by atoms with Crippen LogP contribution < -0.4 is 0 Å². The van der Waals surface area contributed by atoms with Crippen molar-refractivity contribution in [3.8, 4) is 11.1 Å². The molecule has 1 aliphatic rings. The maximum Gasteiger partial charge on any atom is 0.123 e. The van der Waals surface area contributed by atoms with Crippen LogP contribution in [-0.4, -0.2) is 6.61 Å². The van der Waals surface area contributed by atoms with Gasteiger partial charge in [0, 0.05) is 5.02 Å². The van der Waals surface area contributed by atoms with Crippen LogP contribution in [0, 0.1) is 22.6 Å². The lowest BCUT2D eigenvalue weighted by molar-refractivity contribution is 0.0599. The monoisotopic (exact) mass is 402 g/mol. The molecule has 152 valence electrons. The number of hydrogen-bond donors (Lipinski definition) is 0. The molecule has 0 saturated heterocycles. The molecule has 0 heterocycles. The molecule has 1 aliphatic carbocycles. The molecule has 2 aromatic carbocycles. The summed E-state index contributed by atoms with van der Waals surface area (Å²) in [4.78, 5) is 0. The number of rotatable bonds is 5. The topological polar surface area (TPSA) is 9.23 Å². The van der Waals surface area contributed by atoms with Crippen LogP contribution in [0.1, 0.15) is 65.0 Å². The highest BCUT2D eigenvalue weighted by molar-refractivity contribution is 6.31. The van der Waals surface area contributed by atoms with Crippen molar-refractivity contribution in [2.45, 2.75) is 60.5 Å². The van der Waals surface area contributed by atoms with Gasteiger partial charge in [0.2, 0.25) is 0 Å². The van der Waals surface area contributed by atoms with Crippen molar-refractivity contribution >= 4 is 11.6 Å². The number of benzene rings is 2. The van der Waals surface area contributed by atoms with Crippen molar-refractivity contribution in [1.29, 1.82) is 0 Å². The second kappa shape index (κ2) is 7.80. The van der Waals surface area contributed by atoms with Crippen molar-refractivity contribution in [1.82, 2.24) is 0 Å². The van der Waals surface area contributed by atoms with Gasteiger partial charge in [-0.05, 0) is 75.6 Å². The lowest BCUT2D eigenvalue weighted by atomic mass is 9.86. The van der Waals surface area contributed by atoms with Crippen LogP contribution in [0.2, 0.25) is 5.02 Å². The fraction of sp³-hybridized carbons (Fsp3) is 0.520. The zero-order valence-corrected chi connectivity index (χ0v) is 18.7. The smallest absolute Gasteiger partial charge is 0.123 e. The van der Waals surface area contributed by atoms with E-state index in [0.717, 1.165) is 23.1 Å². The molecule has 1 nitrogen and oxygen atoms in total. The van der Waals surface area contributed by atoms with Crippen LogP contribution in [0.25, 0.3) is 11.1 Å². The molecule has 0 aliphatic heterocycles. The first-order valence-corrected chi connectivity index (χ1v) is 10.5. The summed E-state index contributed by atoms with van der Waals surface area (Å²) in [5, 5.41) is 0.689. The van der Waals surface area contributed by atoms with E-state index in [4.69, 9.17) is 16.3 Å². The highest BCUT2D eigenvalue weighted by Crippen LogP contribution is 2.58. The quantitative estimate of drug-likeness (QED) is 0.494. The first-order chi connectivity index (χ1) is 13.0. The highest BCUT2D eigenvalue weighted by Gasteiger charge is 2.46. The summed E-state index contributed by atoms with van der Waals surface area (Å²) in [6.07, 6.45) is 1.16. The van der Waals surface area contributed by atoms with Gasteiger partial charge in [-0.1, -0.05) is 65.3 Å². The molecule has 1 fully saturated rings. The average molecular weight is 403 g/mol. The molecule has 3 rings (SSSR count). The standard InChI is InChI=1S/C25H32ClFO/c1-24(2,3)15-28-14-17-11-16(7-10-23(17)26)20-12-18(27)8-9-19(20)21-13-22(21)25(4,5)6/h7-12,21-22H,13-15H2,1-6H3. The Bertz CT molecular complexity index is 845. The summed E-state index contributed by atoms with van der Waals surface area (Å²) < 4.78 is 20.0. The number of halogens is 2. The molecule has 3 heteroatoms. The van der Waals surface area contributed by atoms with E-state index in [1.54, 1.807) is 12.1 Å². The average Bonchev–Trinajstić information content (AvgIpc) is 3.36. The summed E-state index contributed by atoms with van der Waals surface area (Å²) in [6.45, 7) is 14.4. The minimum atomic E-state index is -0.202. The molecule has 0 spiro atoms. The molecule has 0 amide bonds. The fourth-order valence-corrected chi connectivity index (χ4v) is 4.09. The number of hydrogen-bond acceptors (Lipinski definition) is 1. The Morgan fingerprint density at radius 2 is 1.75 bits per heavy atom. The second-order valence-electron chi connectivity index (χ2n) is 10.4. The summed E-state index contributed by atoms with van der Waals surface area (Å²) in [5.74, 6) is 0.928. The van der Waals surface area contributed by atoms with Crippen LogP contribution in [0.15, 0.2) is 36.4 Å². The van der Waals surface area contributed by atoms with Crippen molar-refractivity contribution < 1.29 is 9.13 Å². The molecule has 0 N–H and O–H groups in total. The van der Waals surface area contributed by atoms with Gasteiger partial charge in [-0.25, -0.2) is 4.39 Å². The third kappa shape index (κ3) is 5.15. The zero-order chi connectivity index (χ0) is 20.7. The van der Waals surface area contributed by atoms with Crippen molar-refractivity contribution in [3.05, 3.63) is 58.4 Å². The maximum absolute atomic E-state index is 14.1. The van der Waals surface area contributed by atoms with E-state index in [9.17, 15) is 4.39 Å². The Morgan fingerprint density at radius 1 is 1.04 bits per heavy atom. The van der Waals surface area contributed by atoms with E-state index in [-0.39, 0.29) is 16.6 Å². The Morgan fingerprint density at radius 3 is 2.36 bits per heavy atom. The van der Waals surface area contributed by atoms with Gasteiger partial charge >= 0.3 is 0 Å². The Hall–Kier alpha value is -1.38. The summed E-state index contributed by atoms with van der Waals surface area (Å²) in [5.41, 5.74) is 4.54. The van der Waals surface area contributed by atoms with Crippen LogP contribution in [-0.2, 0) is 11.3 Å². The molecule has 1 saturated carbocycles. The predicted octanol–water partition coefficient (Wildman–Crippen LogP) is 7.86. The molecular weight excluding hydrogens is 371 g/mol. The van der Waals surface area contributed by atoms with E-state index in [2.05, 4.69) is 47.6 Å². The minimum absolute atomic E-state index is 0.105. The molecule has 0 aromatic heterocycles. The predicted molar refractivity (Wildman–Crippen MR) is 116 cm³/mol. The van der Waals surface area contributed by atoms with Gasteiger partial charge in [0.1, 0.15) is 5.82 Å². The summed E-state index contributed by atoms with van der Waals surface area (Å²) in [7, 11) is 0. The fourth-order valence-electron chi connectivity index (χ4n) is 3.92. The van der Waals surface area contributed by atoms with E-state index in [0.29, 0.717) is 30.1 Å². The normalized spacial score (nSPS) is 19.7. The minimum Gasteiger partial charge on any atom is -0.376 e. The van der Waals surface area contributed by atoms with Gasteiger partial charge in [0.15, 0.2) is 0 Å². The summed E-state index contributed by atoms with van der Waals surface area (Å²) >= 11 is 6.41. The van der Waals surface area contributed by atoms with Crippen molar-refractivity contribution in [2.75, 3.05) is 6.61 Å². The van der Waals surface area contributed by atoms with Crippen LogP contribution in [0.3, 0.4) is 0 Å². The molecule has 0 bridgehead atoms. The van der Waals surface area contributed by atoms with Crippen LogP contribution in [0.5, 0.6) is 0 Å². The van der Waals surface area contributed by atoms with Gasteiger partial charge in [-0.2, -0.15) is 0 Å². The van der Waals surface area contributed by atoms with Gasteiger partial charge in [-0.3, -0.25) is 0 Å². The lowest BCUT2D eigenvalue weighted by Crippen LogP contribution is -2.14. The van der Waals surface area contributed by atoms with E-state index in [1.807, 2.05) is 18.2 Å². The van der Waals surface area contributed by atoms with Crippen molar-refractivity contribution in [3.63, 3.8) is 0 Å². The molecule has 2 unspecified atom stereocenters. The maximum atomic E-state index is 14.1. The van der Waals surface area contributed by atoms with Crippen LogP contribution >= 0.6 is 11.6 Å². The summed E-state index contributed by atoms with van der Waals surface area (Å²) in [6, 6.07) is 11.2. The third-order valence-electron chi connectivity index (χ3n) is 5.47. The van der Waals surface area contributed by atoms with Gasteiger partial charge < -0.3 is 4.74 Å². The highest BCUT2D eigenvalue weighted by atomic mass is 35.5. The van der Waals surface area contributed by atoms with E-state index < -0.39 is 0 Å². The Kier molecular flexibility index (Phi) is 5.94. The zero-order valence-electron chi connectivity index (χ0n) is 17.9. The molecule has 28 heavy (non-hydrogen) atoms. The number of ether oxygens (including phenoxy) is 1. The first-order valence-electron chi connectivity index (χ1n) is 10.1. The van der Waals surface area contributed by atoms with E-state index >= 15 is 0 Å². The van der Waals surface area contributed by atoms with Crippen molar-refractivity contribution in [2.24, 2.45) is 16.7 Å². The van der Waals surface area contributed by atoms with E-state index in [1.165, 1.54) is 5.56 Å². The van der Waals surface area contributed by atoms with Gasteiger partial charge in [0.25, 0.3) is 0 Å². The second-order valence-corrected chi connectivity index (χ2v) is 10.8. The largest absolute Gasteiger partial charge is 0.376 e. The molecule has 2 aromatic rings. The van der Waals surface area contributed by atoms with Gasteiger partial charge in [-0.15, -0.1) is 0 Å². The lowest BCUT2D eigenvalue weighted by Gasteiger charge is -2.20. The van der Waals surface area contributed by atoms with Gasteiger partial charge in [0.05, 0.1) is 13.2 Å². The first kappa shape index (κ1) is 21.3. The Labute approximate surface area is 174 Å². The molecule has 0 radical (unpaired) electrons.